The van der Waals surface area contributed by atoms with Gasteiger partial charge in [0.05, 0.1) is 24.0 Å². The monoisotopic (exact) mass is 375 g/mol. The van der Waals surface area contributed by atoms with Crippen molar-refractivity contribution in [2.24, 2.45) is 0 Å². The molecule has 0 amide bonds. The summed E-state index contributed by atoms with van der Waals surface area (Å²) >= 11 is 11.5. The summed E-state index contributed by atoms with van der Waals surface area (Å²) in [5.74, 6) is 1.30. The van der Waals surface area contributed by atoms with E-state index in [1.807, 2.05) is 19.2 Å². The van der Waals surface area contributed by atoms with Gasteiger partial charge in [-0.3, -0.25) is 0 Å². The molecule has 0 fully saturated rings. The number of methoxy groups -OCH3 is 2. The van der Waals surface area contributed by atoms with Crippen molar-refractivity contribution < 1.29 is 9.47 Å². The highest BCUT2D eigenvalue weighted by molar-refractivity contribution is 9.11. The van der Waals surface area contributed by atoms with Crippen LogP contribution in [0.2, 0.25) is 5.02 Å². The van der Waals surface area contributed by atoms with Gasteiger partial charge in [0.25, 0.3) is 0 Å². The molecule has 108 valence electrons. The Hall–Kier alpha value is -0.750. The van der Waals surface area contributed by atoms with Crippen molar-refractivity contribution in [3.63, 3.8) is 0 Å². The van der Waals surface area contributed by atoms with Crippen molar-refractivity contribution >= 4 is 38.9 Å². The van der Waals surface area contributed by atoms with Crippen molar-refractivity contribution in [1.82, 2.24) is 5.32 Å². The van der Waals surface area contributed by atoms with Gasteiger partial charge in [0.2, 0.25) is 0 Å². The molecule has 1 aromatic heterocycles. The van der Waals surface area contributed by atoms with Crippen LogP contribution in [-0.4, -0.2) is 21.3 Å². The van der Waals surface area contributed by atoms with Crippen molar-refractivity contribution in [3.05, 3.63) is 43.5 Å². The molecule has 1 aromatic carbocycles. The summed E-state index contributed by atoms with van der Waals surface area (Å²) in [6.45, 7) is 0. The van der Waals surface area contributed by atoms with E-state index in [0.29, 0.717) is 16.5 Å². The second-order valence-corrected chi connectivity index (χ2v) is 6.99. The van der Waals surface area contributed by atoms with Crippen LogP contribution in [0.4, 0.5) is 0 Å². The SMILES string of the molecule is CNC(c1ccc(Br)s1)c1cc(OC)c(OC)cc1Cl. The van der Waals surface area contributed by atoms with Crippen LogP contribution in [0.15, 0.2) is 28.1 Å². The van der Waals surface area contributed by atoms with Crippen LogP contribution >= 0.6 is 38.9 Å². The highest BCUT2D eigenvalue weighted by Crippen LogP contribution is 2.39. The summed E-state index contributed by atoms with van der Waals surface area (Å²) in [5.41, 5.74) is 0.959. The maximum absolute atomic E-state index is 6.38. The van der Waals surface area contributed by atoms with E-state index in [-0.39, 0.29) is 6.04 Å². The topological polar surface area (TPSA) is 30.5 Å². The molecule has 1 heterocycles. The van der Waals surface area contributed by atoms with Gasteiger partial charge in [-0.25, -0.2) is 0 Å². The lowest BCUT2D eigenvalue weighted by molar-refractivity contribution is 0.354. The van der Waals surface area contributed by atoms with E-state index in [4.69, 9.17) is 21.1 Å². The number of thiophene rings is 1. The highest BCUT2D eigenvalue weighted by atomic mass is 79.9. The lowest BCUT2D eigenvalue weighted by atomic mass is 10.0. The van der Waals surface area contributed by atoms with Crippen molar-refractivity contribution in [1.29, 1.82) is 0 Å². The molecule has 6 heteroatoms. The molecular weight excluding hydrogens is 362 g/mol. The molecular formula is C14H15BrClNO2S. The van der Waals surface area contributed by atoms with Gasteiger partial charge in [0, 0.05) is 16.0 Å². The third kappa shape index (κ3) is 3.11. The third-order valence-corrected chi connectivity index (χ3v) is 5.00. The number of ether oxygens (including phenoxy) is 2. The molecule has 1 N–H and O–H groups in total. The quantitative estimate of drug-likeness (QED) is 0.834. The largest absolute Gasteiger partial charge is 0.493 e. The predicted octanol–water partition coefficient (Wildman–Crippen LogP) is 4.49. The molecule has 0 aliphatic rings. The fourth-order valence-corrected chi connectivity index (χ4v) is 3.84. The minimum atomic E-state index is 0.0126. The molecule has 0 aliphatic heterocycles. The number of nitrogens with one attached hydrogen (secondary N) is 1. The Bertz CT molecular complexity index is 603. The Balaban J connectivity index is 2.49. The van der Waals surface area contributed by atoms with Gasteiger partial charge >= 0.3 is 0 Å². The molecule has 3 nitrogen and oxygen atoms in total. The van der Waals surface area contributed by atoms with E-state index in [1.54, 1.807) is 31.6 Å². The van der Waals surface area contributed by atoms with Crippen LogP contribution < -0.4 is 14.8 Å². The zero-order chi connectivity index (χ0) is 14.7. The normalized spacial score (nSPS) is 12.2. The molecule has 1 unspecified atom stereocenters. The maximum atomic E-state index is 6.38. The van der Waals surface area contributed by atoms with Gasteiger partial charge in [-0.15, -0.1) is 11.3 Å². The first-order valence-corrected chi connectivity index (χ1v) is 7.93. The summed E-state index contributed by atoms with van der Waals surface area (Å²) in [6.07, 6.45) is 0. The number of halogens is 2. The number of hydrogen-bond donors (Lipinski definition) is 1. The minimum Gasteiger partial charge on any atom is -0.493 e. The first-order chi connectivity index (χ1) is 9.60. The third-order valence-electron chi connectivity index (χ3n) is 2.98. The van der Waals surface area contributed by atoms with Gasteiger partial charge in [-0.2, -0.15) is 0 Å². The van der Waals surface area contributed by atoms with E-state index in [1.165, 1.54) is 4.88 Å². The van der Waals surface area contributed by atoms with E-state index < -0.39 is 0 Å². The van der Waals surface area contributed by atoms with Crippen LogP contribution in [0.3, 0.4) is 0 Å². The van der Waals surface area contributed by atoms with Crippen LogP contribution in [0.1, 0.15) is 16.5 Å². The Kier molecular flexibility index (Phi) is 5.32. The van der Waals surface area contributed by atoms with Crippen LogP contribution in [0.5, 0.6) is 11.5 Å². The summed E-state index contributed by atoms with van der Waals surface area (Å²) < 4.78 is 11.7. The average Bonchev–Trinajstić information content (AvgIpc) is 2.87. The molecule has 0 spiro atoms. The molecule has 0 radical (unpaired) electrons. The first-order valence-electron chi connectivity index (χ1n) is 5.94. The fourth-order valence-electron chi connectivity index (χ4n) is 2.03. The summed E-state index contributed by atoms with van der Waals surface area (Å²) in [6, 6.07) is 7.80. The molecule has 0 saturated heterocycles. The van der Waals surface area contributed by atoms with Gasteiger partial charge < -0.3 is 14.8 Å². The van der Waals surface area contributed by atoms with Crippen LogP contribution in [0, 0.1) is 0 Å². The van der Waals surface area contributed by atoms with Crippen molar-refractivity contribution in [3.8, 4) is 11.5 Å². The molecule has 0 aliphatic carbocycles. The van der Waals surface area contributed by atoms with Crippen LogP contribution in [-0.2, 0) is 0 Å². The maximum Gasteiger partial charge on any atom is 0.162 e. The Morgan fingerprint density at radius 3 is 2.35 bits per heavy atom. The van der Waals surface area contributed by atoms with Crippen molar-refractivity contribution in [2.75, 3.05) is 21.3 Å². The zero-order valence-corrected chi connectivity index (χ0v) is 14.5. The predicted molar refractivity (Wildman–Crippen MR) is 87.5 cm³/mol. The first kappa shape index (κ1) is 15.6. The lowest BCUT2D eigenvalue weighted by Gasteiger charge is -2.19. The second kappa shape index (κ2) is 6.80. The second-order valence-electron chi connectivity index (χ2n) is 4.09. The number of benzene rings is 1. The molecule has 0 bridgehead atoms. The lowest BCUT2D eigenvalue weighted by Crippen LogP contribution is -2.17. The highest BCUT2D eigenvalue weighted by Gasteiger charge is 2.20. The van der Waals surface area contributed by atoms with E-state index in [9.17, 15) is 0 Å². The fraction of sp³-hybridized carbons (Fsp3) is 0.286. The molecule has 2 aromatic rings. The smallest absolute Gasteiger partial charge is 0.162 e. The van der Waals surface area contributed by atoms with Crippen molar-refractivity contribution in [2.45, 2.75) is 6.04 Å². The van der Waals surface area contributed by atoms with Gasteiger partial charge in [-0.1, -0.05) is 11.6 Å². The molecule has 1 atom stereocenters. The summed E-state index contributed by atoms with van der Waals surface area (Å²) in [4.78, 5) is 1.17. The average molecular weight is 377 g/mol. The minimum absolute atomic E-state index is 0.0126. The molecule has 2 rings (SSSR count). The Labute approximate surface area is 136 Å². The van der Waals surface area contributed by atoms with E-state index >= 15 is 0 Å². The van der Waals surface area contributed by atoms with E-state index in [0.717, 1.165) is 9.35 Å². The zero-order valence-electron chi connectivity index (χ0n) is 11.4. The molecule has 20 heavy (non-hydrogen) atoms. The summed E-state index contributed by atoms with van der Waals surface area (Å²) in [5, 5.41) is 3.93. The Morgan fingerprint density at radius 1 is 1.20 bits per heavy atom. The van der Waals surface area contributed by atoms with Gasteiger partial charge in [-0.05, 0) is 46.7 Å². The molecule has 0 saturated carbocycles. The Morgan fingerprint density at radius 2 is 1.85 bits per heavy atom. The van der Waals surface area contributed by atoms with E-state index in [2.05, 4.69) is 27.3 Å². The van der Waals surface area contributed by atoms with Gasteiger partial charge in [0.15, 0.2) is 11.5 Å². The van der Waals surface area contributed by atoms with Gasteiger partial charge in [0.1, 0.15) is 0 Å². The van der Waals surface area contributed by atoms with Crippen LogP contribution in [0.25, 0.3) is 0 Å². The summed E-state index contributed by atoms with van der Waals surface area (Å²) in [7, 11) is 5.12. The number of rotatable bonds is 5. The number of hydrogen-bond acceptors (Lipinski definition) is 4. The standard InChI is InChI=1S/C14H15BrClNO2S/c1-17-14(12-4-5-13(15)20-12)8-6-10(18-2)11(19-3)7-9(8)16/h4-7,14,17H,1-3H3.